The van der Waals surface area contributed by atoms with Gasteiger partial charge in [0.15, 0.2) is 0 Å². The van der Waals surface area contributed by atoms with Gasteiger partial charge in [-0.1, -0.05) is 113 Å². The molecule has 28 heavy (non-hydrogen) atoms. The molecule has 0 aliphatic carbocycles. The monoisotopic (exact) mass is 393 g/mol. The summed E-state index contributed by atoms with van der Waals surface area (Å²) in [6, 6.07) is 21.2. The van der Waals surface area contributed by atoms with E-state index in [1.54, 1.807) is 0 Å². The minimum absolute atomic E-state index is 0.0764. The molecule has 2 rings (SSSR count). The summed E-state index contributed by atoms with van der Waals surface area (Å²) < 4.78 is 6.94. The highest BCUT2D eigenvalue weighted by Gasteiger charge is 2.51. The summed E-state index contributed by atoms with van der Waals surface area (Å²) in [6.45, 7) is 9.03. The molecule has 0 aromatic heterocycles. The molecule has 0 unspecified atom stereocenters. The van der Waals surface area contributed by atoms with Crippen LogP contribution in [0.2, 0.25) is 5.04 Å². The summed E-state index contributed by atoms with van der Waals surface area (Å²) in [5.41, 5.74) is 0. The van der Waals surface area contributed by atoms with Gasteiger partial charge in [0, 0.05) is 6.21 Å². The van der Waals surface area contributed by atoms with E-state index in [0.717, 1.165) is 6.42 Å². The Bertz CT molecular complexity index is 695. The lowest BCUT2D eigenvalue weighted by Gasteiger charge is -2.44. The zero-order valence-electron chi connectivity index (χ0n) is 17.8. The topological polar surface area (TPSA) is 33.1 Å². The number of benzene rings is 2. The Labute approximate surface area is 172 Å². The Morgan fingerprint density at radius 2 is 1.46 bits per heavy atom. The molecule has 0 radical (unpaired) electrons. The summed E-state index contributed by atoms with van der Waals surface area (Å²) in [5.74, 6) is 0. The van der Waals surface area contributed by atoms with Crippen LogP contribution in [0.5, 0.6) is 0 Å². The van der Waals surface area contributed by atoms with Gasteiger partial charge in [-0.25, -0.2) is 0 Å². The summed E-state index contributed by atoms with van der Waals surface area (Å²) in [5, 5.41) is 10.4. The zero-order valence-corrected chi connectivity index (χ0v) is 18.8. The van der Waals surface area contributed by atoms with Crippen molar-refractivity contribution in [2.45, 2.75) is 64.5 Å². The summed E-state index contributed by atoms with van der Waals surface area (Å²) in [4.78, 5) is 0. The van der Waals surface area contributed by atoms with E-state index in [0.29, 0.717) is 0 Å². The van der Waals surface area contributed by atoms with Crippen molar-refractivity contribution in [1.29, 1.82) is 5.41 Å². The number of hydrogen-bond donors (Lipinski definition) is 1. The second-order valence-corrected chi connectivity index (χ2v) is 12.6. The highest BCUT2D eigenvalue weighted by atomic mass is 28.4. The maximum atomic E-state index is 8.01. The fourth-order valence-electron chi connectivity index (χ4n) is 3.77. The molecule has 2 aromatic rings. The molecule has 0 fully saturated rings. The van der Waals surface area contributed by atoms with Crippen LogP contribution in [0.1, 0.15) is 53.4 Å². The molecule has 0 heterocycles. The van der Waals surface area contributed by atoms with Crippen molar-refractivity contribution in [2.24, 2.45) is 0 Å². The second kappa shape index (κ2) is 10.5. The third-order valence-electron chi connectivity index (χ3n) is 5.19. The standard InChI is InChI=1S/C25H35NOSi/c1-5-6-7-8-11-16-22(21-26)27-28(25(2,3)4,23-17-12-9-13-18-23)24-19-14-10-15-20-24/h9-22,26H,5-8H2,1-4H3/b16-11+,26-21?/t22-/m1/s1. The van der Waals surface area contributed by atoms with Crippen molar-refractivity contribution in [3.8, 4) is 0 Å². The molecule has 2 aromatic carbocycles. The first-order valence-electron chi connectivity index (χ1n) is 10.4. The second-order valence-electron chi connectivity index (χ2n) is 8.34. The summed E-state index contributed by atoms with van der Waals surface area (Å²) in [7, 11) is -2.61. The number of nitrogens with one attached hydrogen (secondary N) is 1. The number of hydrogen-bond acceptors (Lipinski definition) is 2. The maximum absolute atomic E-state index is 8.01. The molecular formula is C25H35NOSi. The highest BCUT2D eigenvalue weighted by molar-refractivity contribution is 6.99. The number of rotatable bonds is 10. The Kier molecular flexibility index (Phi) is 8.40. The van der Waals surface area contributed by atoms with E-state index >= 15 is 0 Å². The smallest absolute Gasteiger partial charge is 0.262 e. The maximum Gasteiger partial charge on any atom is 0.262 e. The van der Waals surface area contributed by atoms with Crippen LogP contribution in [0.15, 0.2) is 72.8 Å². The van der Waals surface area contributed by atoms with Gasteiger partial charge in [0.1, 0.15) is 0 Å². The third-order valence-corrected chi connectivity index (χ3v) is 10.2. The van der Waals surface area contributed by atoms with Crippen molar-refractivity contribution in [1.82, 2.24) is 0 Å². The molecule has 0 saturated heterocycles. The number of unbranched alkanes of at least 4 members (excludes halogenated alkanes) is 3. The van der Waals surface area contributed by atoms with E-state index < -0.39 is 8.32 Å². The largest absolute Gasteiger partial charge is 0.396 e. The van der Waals surface area contributed by atoms with Crippen molar-refractivity contribution < 1.29 is 4.43 Å². The molecule has 1 N–H and O–H groups in total. The Hall–Kier alpha value is -1.97. The van der Waals surface area contributed by atoms with E-state index in [1.807, 2.05) is 0 Å². The van der Waals surface area contributed by atoms with E-state index in [4.69, 9.17) is 9.84 Å². The van der Waals surface area contributed by atoms with Gasteiger partial charge >= 0.3 is 0 Å². The van der Waals surface area contributed by atoms with Crippen molar-refractivity contribution in [2.75, 3.05) is 0 Å². The average Bonchev–Trinajstić information content (AvgIpc) is 2.70. The highest BCUT2D eigenvalue weighted by Crippen LogP contribution is 2.37. The van der Waals surface area contributed by atoms with E-state index in [9.17, 15) is 0 Å². The van der Waals surface area contributed by atoms with Crippen LogP contribution in [-0.4, -0.2) is 20.6 Å². The first-order chi connectivity index (χ1) is 13.5. The molecule has 0 amide bonds. The van der Waals surface area contributed by atoms with Gasteiger partial charge in [-0.3, -0.25) is 0 Å². The molecule has 0 saturated carbocycles. The van der Waals surface area contributed by atoms with E-state index in [2.05, 4.69) is 101 Å². The van der Waals surface area contributed by atoms with Crippen LogP contribution in [0.25, 0.3) is 0 Å². The Balaban J connectivity index is 2.47. The van der Waals surface area contributed by atoms with Gasteiger partial charge in [0.05, 0.1) is 6.10 Å². The average molecular weight is 394 g/mol. The van der Waals surface area contributed by atoms with Crippen LogP contribution in [0.4, 0.5) is 0 Å². The van der Waals surface area contributed by atoms with Gasteiger partial charge in [-0.05, 0) is 28.3 Å². The summed E-state index contributed by atoms with van der Waals surface area (Å²) >= 11 is 0. The van der Waals surface area contributed by atoms with Gasteiger partial charge in [0.25, 0.3) is 8.32 Å². The minimum Gasteiger partial charge on any atom is -0.396 e. The predicted octanol–water partition coefficient (Wildman–Crippen LogP) is 5.72. The quantitative estimate of drug-likeness (QED) is 0.238. The van der Waals surface area contributed by atoms with Gasteiger partial charge < -0.3 is 9.84 Å². The van der Waals surface area contributed by atoms with Crippen molar-refractivity contribution in [3.05, 3.63) is 72.8 Å². The zero-order chi connectivity index (χ0) is 20.5. The van der Waals surface area contributed by atoms with E-state index in [1.165, 1.54) is 35.9 Å². The van der Waals surface area contributed by atoms with Crippen LogP contribution in [0.3, 0.4) is 0 Å². The number of allylic oxidation sites excluding steroid dienone is 1. The molecule has 1 atom stereocenters. The fraction of sp³-hybridized carbons (Fsp3) is 0.400. The van der Waals surface area contributed by atoms with Gasteiger partial charge in [0.2, 0.25) is 0 Å². The molecule has 0 spiro atoms. The van der Waals surface area contributed by atoms with Gasteiger partial charge in [-0.15, -0.1) is 0 Å². The lowest BCUT2D eigenvalue weighted by molar-refractivity contribution is 0.295. The van der Waals surface area contributed by atoms with Crippen LogP contribution in [0, 0.1) is 5.41 Å². The van der Waals surface area contributed by atoms with Crippen molar-refractivity contribution >= 4 is 24.9 Å². The minimum atomic E-state index is -2.61. The molecule has 150 valence electrons. The molecule has 0 aliphatic heterocycles. The normalized spacial score (nSPS) is 13.6. The Morgan fingerprint density at radius 1 is 0.929 bits per heavy atom. The lowest BCUT2D eigenvalue weighted by atomic mass is 10.2. The molecule has 0 bridgehead atoms. The third kappa shape index (κ3) is 5.30. The first kappa shape index (κ1) is 22.3. The van der Waals surface area contributed by atoms with Gasteiger partial charge in [-0.2, -0.15) is 0 Å². The van der Waals surface area contributed by atoms with Crippen LogP contribution >= 0.6 is 0 Å². The molecule has 0 aliphatic rings. The summed E-state index contributed by atoms with van der Waals surface area (Å²) in [6.07, 6.45) is 10.1. The molecular weight excluding hydrogens is 358 g/mol. The predicted molar refractivity (Wildman–Crippen MR) is 125 cm³/mol. The van der Waals surface area contributed by atoms with E-state index in [-0.39, 0.29) is 11.1 Å². The van der Waals surface area contributed by atoms with Crippen molar-refractivity contribution in [3.63, 3.8) is 0 Å². The SMILES string of the molecule is CCCCC/C=C/[C@H](C=N)O[Si](c1ccccc1)(c1ccccc1)C(C)(C)C. The fourth-order valence-corrected chi connectivity index (χ4v) is 8.34. The lowest BCUT2D eigenvalue weighted by Crippen LogP contribution is -2.67. The first-order valence-corrected chi connectivity index (χ1v) is 12.3. The molecule has 3 heteroatoms. The Morgan fingerprint density at radius 3 is 1.89 bits per heavy atom. The van der Waals surface area contributed by atoms with Crippen LogP contribution in [-0.2, 0) is 4.43 Å². The molecule has 2 nitrogen and oxygen atoms in total. The van der Waals surface area contributed by atoms with Crippen LogP contribution < -0.4 is 10.4 Å².